The summed E-state index contributed by atoms with van der Waals surface area (Å²) >= 11 is 7.79. The first kappa shape index (κ1) is 28.6. The smallest absolute Gasteiger partial charge is 0.333 e. The molecule has 1 fully saturated rings. The number of fused-ring (bicyclic) bond motifs is 1. The molecule has 0 unspecified atom stereocenters. The van der Waals surface area contributed by atoms with Crippen molar-refractivity contribution in [3.63, 3.8) is 0 Å². The van der Waals surface area contributed by atoms with E-state index in [4.69, 9.17) is 16.6 Å². The third-order valence-electron chi connectivity index (χ3n) is 7.27. The van der Waals surface area contributed by atoms with Crippen molar-refractivity contribution in [2.75, 3.05) is 12.3 Å². The fraction of sp³-hybridized carbons (Fsp3) is 0.250. The van der Waals surface area contributed by atoms with Gasteiger partial charge in [0.05, 0.1) is 28.5 Å². The zero-order valence-electron chi connectivity index (χ0n) is 21.7. The summed E-state index contributed by atoms with van der Waals surface area (Å²) in [5, 5.41) is 18.3. The minimum absolute atomic E-state index is 0.0199. The van der Waals surface area contributed by atoms with E-state index in [0.717, 1.165) is 12.3 Å². The number of aliphatic hydroxyl groups is 1. The topological polar surface area (TPSA) is 101 Å². The van der Waals surface area contributed by atoms with Crippen LogP contribution in [0.3, 0.4) is 0 Å². The first-order valence-corrected chi connectivity index (χ1v) is 15.7. The fourth-order valence-corrected chi connectivity index (χ4v) is 7.65. The highest BCUT2D eigenvalue weighted by molar-refractivity contribution is 7.91. The number of hydrogen-bond donors (Lipinski definition) is 1. The van der Waals surface area contributed by atoms with E-state index in [-0.39, 0.29) is 40.8 Å². The largest absolute Gasteiger partial charge is 0.388 e. The van der Waals surface area contributed by atoms with Gasteiger partial charge in [-0.05, 0) is 36.8 Å². The predicted octanol–water partition coefficient (Wildman–Crippen LogP) is 5.74. The fourth-order valence-electron chi connectivity index (χ4n) is 5.28. The third-order valence-corrected chi connectivity index (χ3v) is 10.1. The Balaban J connectivity index is 1.47. The van der Waals surface area contributed by atoms with Crippen molar-refractivity contribution < 1.29 is 26.7 Å². The molecule has 2 aromatic carbocycles. The van der Waals surface area contributed by atoms with Gasteiger partial charge in [-0.3, -0.25) is 4.99 Å². The Bertz CT molecular complexity index is 1800. The van der Waals surface area contributed by atoms with Gasteiger partial charge in [0.2, 0.25) is 0 Å². The molecule has 1 saturated heterocycles. The lowest BCUT2D eigenvalue weighted by Gasteiger charge is -2.32. The van der Waals surface area contributed by atoms with Crippen LogP contribution in [0.15, 0.2) is 88.0 Å². The van der Waals surface area contributed by atoms with Crippen molar-refractivity contribution in [1.29, 1.82) is 0 Å². The van der Waals surface area contributed by atoms with Crippen LogP contribution in [0.1, 0.15) is 41.7 Å². The number of aromatic nitrogens is 3. The van der Waals surface area contributed by atoms with Gasteiger partial charge in [-0.1, -0.05) is 35.9 Å². The number of hydrogen-bond acceptors (Lipinski definition) is 8. The standard InChI is InChI=1S/C28H23ClF3N5O3S2/c29-20-14-17(30)6-7-19(20)24-23(21-8-11-37(35-21)27(31)32)22-15-28(38,9-13-42(39,40)18-4-2-1-3-5-18)16-36(22)25(34-24)26-33-10-12-41-26/h1-8,10-12,14,24,27,38H,9,13,15-16H2/t24-,28-/m0/s1. The summed E-state index contributed by atoms with van der Waals surface area (Å²) < 4.78 is 67.7. The van der Waals surface area contributed by atoms with Crippen molar-refractivity contribution in [1.82, 2.24) is 19.7 Å². The Morgan fingerprint density at radius 3 is 2.62 bits per heavy atom. The Morgan fingerprint density at radius 2 is 1.95 bits per heavy atom. The molecule has 6 rings (SSSR count). The molecule has 0 spiro atoms. The van der Waals surface area contributed by atoms with Gasteiger partial charge in [-0.15, -0.1) is 11.3 Å². The summed E-state index contributed by atoms with van der Waals surface area (Å²) in [5.74, 6) is -0.485. The monoisotopic (exact) mass is 633 g/mol. The number of benzene rings is 2. The lowest BCUT2D eigenvalue weighted by atomic mass is 9.90. The maximum atomic E-state index is 14.0. The minimum Gasteiger partial charge on any atom is -0.388 e. The van der Waals surface area contributed by atoms with Crippen LogP contribution in [-0.2, 0) is 9.84 Å². The molecule has 4 aromatic rings. The lowest BCUT2D eigenvalue weighted by molar-refractivity contribution is 0.0526. The van der Waals surface area contributed by atoms with E-state index < -0.39 is 33.8 Å². The van der Waals surface area contributed by atoms with Crippen LogP contribution >= 0.6 is 22.9 Å². The maximum absolute atomic E-state index is 14.0. The average molecular weight is 634 g/mol. The van der Waals surface area contributed by atoms with Gasteiger partial charge in [0.1, 0.15) is 11.9 Å². The second-order valence-electron chi connectivity index (χ2n) is 10.0. The van der Waals surface area contributed by atoms with Crippen LogP contribution in [-0.4, -0.2) is 56.9 Å². The highest BCUT2D eigenvalue weighted by Gasteiger charge is 2.47. The van der Waals surface area contributed by atoms with Crippen molar-refractivity contribution in [3.05, 3.63) is 105 Å². The maximum Gasteiger partial charge on any atom is 0.333 e. The quantitative estimate of drug-likeness (QED) is 0.266. The second-order valence-corrected chi connectivity index (χ2v) is 13.5. The summed E-state index contributed by atoms with van der Waals surface area (Å²) in [5.41, 5.74) is -0.0377. The summed E-state index contributed by atoms with van der Waals surface area (Å²) in [6.45, 7) is -2.91. The van der Waals surface area contributed by atoms with E-state index in [1.807, 2.05) is 0 Å². The number of alkyl halides is 2. The van der Waals surface area contributed by atoms with Gasteiger partial charge in [0, 0.05) is 46.1 Å². The molecule has 2 aromatic heterocycles. The van der Waals surface area contributed by atoms with Gasteiger partial charge in [0.25, 0.3) is 0 Å². The van der Waals surface area contributed by atoms with Crippen molar-refractivity contribution >= 4 is 44.2 Å². The molecule has 2 aliphatic heterocycles. The Kier molecular flexibility index (Phi) is 7.46. The van der Waals surface area contributed by atoms with E-state index in [1.165, 1.54) is 41.7 Å². The van der Waals surface area contributed by atoms with Gasteiger partial charge < -0.3 is 10.0 Å². The SMILES string of the molecule is O=S(=O)(CC[C@]1(O)CC2=C(c3ccn(C(F)F)n3)[C@H](c3ccc(F)cc3Cl)N=C(c3nccs3)N2C1)c1ccccc1. The van der Waals surface area contributed by atoms with E-state index in [2.05, 4.69) is 10.1 Å². The number of thiazole rings is 1. The Morgan fingerprint density at radius 1 is 1.17 bits per heavy atom. The molecule has 2 aliphatic rings. The van der Waals surface area contributed by atoms with Crippen LogP contribution < -0.4 is 0 Å². The van der Waals surface area contributed by atoms with Crippen LogP contribution in [0.5, 0.6) is 0 Å². The van der Waals surface area contributed by atoms with Gasteiger partial charge in [0.15, 0.2) is 20.7 Å². The molecular weight excluding hydrogens is 611 g/mol. The molecule has 0 amide bonds. The van der Waals surface area contributed by atoms with Crippen LogP contribution in [0, 0.1) is 5.82 Å². The summed E-state index contributed by atoms with van der Waals surface area (Å²) in [7, 11) is -3.70. The Labute approximate surface area is 248 Å². The van der Waals surface area contributed by atoms with Gasteiger partial charge in [-0.2, -0.15) is 13.9 Å². The number of halogens is 4. The van der Waals surface area contributed by atoms with Gasteiger partial charge in [-0.25, -0.2) is 22.5 Å². The van der Waals surface area contributed by atoms with E-state index in [1.54, 1.807) is 34.7 Å². The molecule has 4 heterocycles. The summed E-state index contributed by atoms with van der Waals surface area (Å²) in [4.78, 5) is 11.2. The molecule has 1 N–H and O–H groups in total. The lowest BCUT2D eigenvalue weighted by Crippen LogP contribution is -2.38. The molecule has 218 valence electrons. The first-order chi connectivity index (χ1) is 20.0. The molecule has 42 heavy (non-hydrogen) atoms. The molecular formula is C28H23ClF3N5O3S2. The van der Waals surface area contributed by atoms with E-state index >= 15 is 0 Å². The number of sulfone groups is 1. The van der Waals surface area contributed by atoms with Crippen LogP contribution in [0.25, 0.3) is 5.57 Å². The number of nitrogens with zero attached hydrogens (tertiary/aromatic N) is 5. The molecule has 0 saturated carbocycles. The number of aliphatic imine (C=N–C) groups is 1. The van der Waals surface area contributed by atoms with Crippen molar-refractivity contribution in [2.24, 2.45) is 4.99 Å². The molecule has 8 nitrogen and oxygen atoms in total. The van der Waals surface area contributed by atoms with Gasteiger partial charge >= 0.3 is 6.55 Å². The molecule has 0 bridgehead atoms. The normalized spacial score (nSPS) is 20.8. The Hall–Kier alpha value is -3.52. The highest BCUT2D eigenvalue weighted by Crippen LogP contribution is 2.48. The van der Waals surface area contributed by atoms with Crippen molar-refractivity contribution in [2.45, 2.75) is 35.9 Å². The predicted molar refractivity (Wildman–Crippen MR) is 153 cm³/mol. The van der Waals surface area contributed by atoms with Crippen molar-refractivity contribution in [3.8, 4) is 0 Å². The second kappa shape index (κ2) is 11.0. The molecule has 2 atom stereocenters. The molecule has 0 aliphatic carbocycles. The summed E-state index contributed by atoms with van der Waals surface area (Å²) in [6.07, 6.45) is 2.61. The van der Waals surface area contributed by atoms with E-state index in [0.29, 0.717) is 32.4 Å². The van der Waals surface area contributed by atoms with Crippen LogP contribution in [0.4, 0.5) is 13.2 Å². The van der Waals surface area contributed by atoms with Crippen LogP contribution in [0.2, 0.25) is 5.02 Å². The van der Waals surface area contributed by atoms with E-state index in [9.17, 15) is 26.7 Å². The molecule has 0 radical (unpaired) electrons. The zero-order valence-corrected chi connectivity index (χ0v) is 24.1. The molecule has 14 heteroatoms. The average Bonchev–Trinajstić information content (AvgIpc) is 3.72. The highest BCUT2D eigenvalue weighted by atomic mass is 35.5. The minimum atomic E-state index is -3.70. The first-order valence-electron chi connectivity index (χ1n) is 12.8. The number of amidine groups is 1. The summed E-state index contributed by atoms with van der Waals surface area (Å²) in [6, 6.07) is 12.3. The zero-order chi connectivity index (χ0) is 29.6. The third kappa shape index (κ3) is 5.37. The number of rotatable bonds is 8.